The first-order valence-electron chi connectivity index (χ1n) is 11.8. The predicted molar refractivity (Wildman–Crippen MR) is 137 cm³/mol. The van der Waals surface area contributed by atoms with Crippen LogP contribution in [0.4, 0.5) is 0 Å². The molecule has 0 spiro atoms. The number of amides is 3. The lowest BCUT2D eigenvalue weighted by molar-refractivity contribution is -0.147. The number of rotatable bonds is 6. The molecule has 35 heavy (non-hydrogen) atoms. The molecule has 1 aliphatic rings. The maximum Gasteiger partial charge on any atom is 0.246 e. The van der Waals surface area contributed by atoms with Gasteiger partial charge < -0.3 is 20.2 Å². The van der Waals surface area contributed by atoms with Crippen LogP contribution < -0.4 is 5.32 Å². The third-order valence-corrected chi connectivity index (χ3v) is 7.61. The molecular formula is C26H36N4O4S. The van der Waals surface area contributed by atoms with E-state index in [-0.39, 0.29) is 36.7 Å². The van der Waals surface area contributed by atoms with Crippen LogP contribution >= 0.6 is 11.3 Å². The van der Waals surface area contributed by atoms with Gasteiger partial charge in [0.05, 0.1) is 28.2 Å². The Bertz CT molecular complexity index is 1080. The van der Waals surface area contributed by atoms with Crippen molar-refractivity contribution < 1.29 is 19.5 Å². The summed E-state index contributed by atoms with van der Waals surface area (Å²) in [5.41, 5.74) is 4.31. The van der Waals surface area contributed by atoms with Crippen LogP contribution in [0.2, 0.25) is 0 Å². The Morgan fingerprint density at radius 1 is 1.23 bits per heavy atom. The fourth-order valence-corrected chi connectivity index (χ4v) is 5.26. The van der Waals surface area contributed by atoms with Gasteiger partial charge in [0.1, 0.15) is 12.1 Å². The summed E-state index contributed by atoms with van der Waals surface area (Å²) in [5, 5.41) is 13.1. The molecule has 0 bridgehead atoms. The van der Waals surface area contributed by atoms with E-state index in [9.17, 15) is 19.5 Å². The van der Waals surface area contributed by atoms with E-state index < -0.39 is 23.6 Å². The summed E-state index contributed by atoms with van der Waals surface area (Å²) in [4.78, 5) is 47.2. The zero-order valence-corrected chi connectivity index (χ0v) is 22.3. The largest absolute Gasteiger partial charge is 0.391 e. The van der Waals surface area contributed by atoms with Gasteiger partial charge in [0.15, 0.2) is 0 Å². The summed E-state index contributed by atoms with van der Waals surface area (Å²) in [6.07, 6.45) is -0.626. The Balaban J connectivity index is 1.78. The standard InChI is InChI=1S/C26H36N4O4S/c1-15-22(35-14-27-15)19-10-8-18(9-11-19)16(2)29(7)24(33)21-12-20(32)13-30(21)25(34)23(26(4,5)6)28-17(3)31/h8-11,14,16,20-21,23,32H,12-13H2,1-7H3,(H,28,31)/t16-,20+,21-,23+/m0/s1. The number of aliphatic hydroxyl groups excluding tert-OH is 1. The van der Waals surface area contributed by atoms with Gasteiger partial charge in [-0.1, -0.05) is 45.0 Å². The molecule has 2 N–H and O–H groups in total. The zero-order valence-electron chi connectivity index (χ0n) is 21.5. The molecule has 0 unspecified atom stereocenters. The Kier molecular flexibility index (Phi) is 8.01. The number of β-amino-alcohol motifs (C(OH)–C–C–N with tert-alkyl or cyclic N) is 1. The van der Waals surface area contributed by atoms with Crippen molar-refractivity contribution in [2.45, 2.75) is 72.2 Å². The minimum absolute atomic E-state index is 0.0620. The number of likely N-dealkylation sites (N-methyl/N-ethyl adjacent to an activating group) is 1. The lowest BCUT2D eigenvalue weighted by Crippen LogP contribution is -2.57. The van der Waals surface area contributed by atoms with Crippen molar-refractivity contribution in [1.82, 2.24) is 20.1 Å². The lowest BCUT2D eigenvalue weighted by atomic mass is 9.85. The third kappa shape index (κ3) is 5.90. The van der Waals surface area contributed by atoms with Crippen LogP contribution in [0, 0.1) is 12.3 Å². The van der Waals surface area contributed by atoms with Crippen molar-refractivity contribution in [3.8, 4) is 10.4 Å². The van der Waals surface area contributed by atoms with Gasteiger partial charge in [0.2, 0.25) is 17.7 Å². The van der Waals surface area contributed by atoms with Crippen LogP contribution in [0.15, 0.2) is 29.8 Å². The molecule has 3 amide bonds. The maximum absolute atomic E-state index is 13.5. The summed E-state index contributed by atoms with van der Waals surface area (Å²) in [6, 6.07) is 6.24. The van der Waals surface area contributed by atoms with E-state index in [1.165, 1.54) is 11.8 Å². The monoisotopic (exact) mass is 500 g/mol. The highest BCUT2D eigenvalue weighted by atomic mass is 32.1. The normalized spacial score (nSPS) is 19.8. The fraction of sp³-hybridized carbons (Fsp3) is 0.538. The molecule has 0 radical (unpaired) electrons. The van der Waals surface area contributed by atoms with E-state index in [2.05, 4.69) is 10.3 Å². The van der Waals surface area contributed by atoms with E-state index in [0.717, 1.165) is 21.7 Å². The Labute approximate surface area is 211 Å². The number of aryl methyl sites for hydroxylation is 1. The molecule has 1 saturated heterocycles. The molecule has 190 valence electrons. The number of benzene rings is 1. The summed E-state index contributed by atoms with van der Waals surface area (Å²) >= 11 is 1.59. The molecule has 0 aliphatic carbocycles. The van der Waals surface area contributed by atoms with Crippen molar-refractivity contribution in [3.05, 3.63) is 41.0 Å². The molecule has 2 aromatic rings. The molecular weight excluding hydrogens is 464 g/mol. The van der Waals surface area contributed by atoms with E-state index in [4.69, 9.17) is 0 Å². The SMILES string of the molecule is CC(=O)N[C@H](C(=O)N1C[C@H](O)C[C@H]1C(=O)N(C)[C@@H](C)c1ccc(-c2scnc2C)cc1)C(C)(C)C. The molecule has 1 aromatic heterocycles. The van der Waals surface area contributed by atoms with Gasteiger partial charge in [-0.15, -0.1) is 11.3 Å². The number of likely N-dealkylation sites (tertiary alicyclic amines) is 1. The number of aliphatic hydroxyl groups is 1. The number of carbonyl (C=O) groups excluding carboxylic acids is 3. The van der Waals surface area contributed by atoms with Crippen LogP contribution in [0.1, 0.15) is 58.3 Å². The van der Waals surface area contributed by atoms with Crippen LogP contribution in [0.3, 0.4) is 0 Å². The molecule has 8 nitrogen and oxygen atoms in total. The van der Waals surface area contributed by atoms with Crippen LogP contribution in [-0.4, -0.2) is 69.4 Å². The molecule has 4 atom stereocenters. The highest BCUT2D eigenvalue weighted by Crippen LogP contribution is 2.31. The molecule has 1 aliphatic heterocycles. The molecule has 9 heteroatoms. The quantitative estimate of drug-likeness (QED) is 0.634. The maximum atomic E-state index is 13.5. The number of carbonyl (C=O) groups is 3. The smallest absolute Gasteiger partial charge is 0.246 e. The van der Waals surface area contributed by atoms with Gasteiger partial charge in [0.25, 0.3) is 0 Å². The van der Waals surface area contributed by atoms with Crippen LogP contribution in [0.25, 0.3) is 10.4 Å². The van der Waals surface area contributed by atoms with Gasteiger partial charge >= 0.3 is 0 Å². The Morgan fingerprint density at radius 2 is 1.86 bits per heavy atom. The number of nitrogens with zero attached hydrogens (tertiary/aromatic N) is 3. The number of thiazole rings is 1. The first-order valence-corrected chi connectivity index (χ1v) is 12.7. The van der Waals surface area contributed by atoms with E-state index in [1.54, 1.807) is 23.3 Å². The van der Waals surface area contributed by atoms with Gasteiger partial charge in [-0.3, -0.25) is 14.4 Å². The van der Waals surface area contributed by atoms with E-state index in [0.29, 0.717) is 0 Å². The molecule has 2 heterocycles. The van der Waals surface area contributed by atoms with Gasteiger partial charge in [-0.25, -0.2) is 4.98 Å². The molecule has 3 rings (SSSR count). The minimum Gasteiger partial charge on any atom is -0.391 e. The van der Waals surface area contributed by atoms with Crippen molar-refractivity contribution in [3.63, 3.8) is 0 Å². The van der Waals surface area contributed by atoms with Gasteiger partial charge in [-0.2, -0.15) is 0 Å². The van der Waals surface area contributed by atoms with Crippen LogP contribution in [0.5, 0.6) is 0 Å². The first kappa shape index (κ1) is 26.8. The van der Waals surface area contributed by atoms with Crippen molar-refractivity contribution in [2.24, 2.45) is 5.41 Å². The molecule has 0 saturated carbocycles. The first-order chi connectivity index (χ1) is 16.3. The topological polar surface area (TPSA) is 103 Å². The number of nitrogens with one attached hydrogen (secondary N) is 1. The minimum atomic E-state index is -0.800. The molecule has 1 aromatic carbocycles. The summed E-state index contributed by atoms with van der Waals surface area (Å²) in [6.45, 7) is 10.9. The zero-order chi connectivity index (χ0) is 26.1. The molecule has 1 fully saturated rings. The Hall–Kier alpha value is -2.78. The van der Waals surface area contributed by atoms with Crippen molar-refractivity contribution in [1.29, 1.82) is 0 Å². The van der Waals surface area contributed by atoms with Gasteiger partial charge in [0, 0.05) is 26.9 Å². The summed E-state index contributed by atoms with van der Waals surface area (Å²) < 4.78 is 0. The Morgan fingerprint density at radius 3 is 2.37 bits per heavy atom. The lowest BCUT2D eigenvalue weighted by Gasteiger charge is -2.36. The van der Waals surface area contributed by atoms with Crippen molar-refractivity contribution in [2.75, 3.05) is 13.6 Å². The van der Waals surface area contributed by atoms with Gasteiger partial charge in [-0.05, 0) is 30.4 Å². The second-order valence-corrected chi connectivity index (χ2v) is 11.3. The summed E-state index contributed by atoms with van der Waals surface area (Å²) in [7, 11) is 1.72. The fourth-order valence-electron chi connectivity index (χ4n) is 4.45. The predicted octanol–water partition coefficient (Wildman–Crippen LogP) is 3.15. The average Bonchev–Trinajstić information content (AvgIpc) is 3.40. The second kappa shape index (κ2) is 10.5. The number of aromatic nitrogens is 1. The summed E-state index contributed by atoms with van der Waals surface area (Å²) in [5.74, 6) is -0.906. The van der Waals surface area contributed by atoms with E-state index in [1.807, 2.05) is 64.4 Å². The van der Waals surface area contributed by atoms with Crippen LogP contribution in [-0.2, 0) is 14.4 Å². The third-order valence-electron chi connectivity index (χ3n) is 6.64. The number of hydrogen-bond donors (Lipinski definition) is 2. The van der Waals surface area contributed by atoms with E-state index >= 15 is 0 Å². The number of hydrogen-bond acceptors (Lipinski definition) is 6. The highest BCUT2D eigenvalue weighted by Gasteiger charge is 2.45. The highest BCUT2D eigenvalue weighted by molar-refractivity contribution is 7.13. The second-order valence-electron chi connectivity index (χ2n) is 10.4. The average molecular weight is 501 g/mol. The van der Waals surface area contributed by atoms with Crippen molar-refractivity contribution >= 4 is 29.1 Å².